The van der Waals surface area contributed by atoms with Crippen LogP contribution in [0.4, 0.5) is 0 Å². The Hall–Kier alpha value is -2.04. The minimum absolute atomic E-state index is 0.0184. The van der Waals surface area contributed by atoms with Crippen molar-refractivity contribution in [3.05, 3.63) is 29.8 Å². The second kappa shape index (κ2) is 7.02. The minimum atomic E-state index is -0.841. The maximum absolute atomic E-state index is 12.9. The lowest BCUT2D eigenvalue weighted by Gasteiger charge is -2.39. The van der Waals surface area contributed by atoms with Crippen molar-refractivity contribution < 1.29 is 19.4 Å². The molecule has 0 radical (unpaired) electrons. The van der Waals surface area contributed by atoms with Gasteiger partial charge < -0.3 is 14.7 Å². The lowest BCUT2D eigenvalue weighted by molar-refractivity contribution is -0.153. The summed E-state index contributed by atoms with van der Waals surface area (Å²) < 4.78 is 5.15. The highest BCUT2D eigenvalue weighted by molar-refractivity contribution is 5.85. The molecule has 126 valence electrons. The fourth-order valence-electron chi connectivity index (χ4n) is 3.21. The molecule has 2 unspecified atom stereocenters. The van der Waals surface area contributed by atoms with Crippen molar-refractivity contribution in [3.63, 3.8) is 0 Å². The van der Waals surface area contributed by atoms with E-state index in [1.807, 2.05) is 31.2 Å². The van der Waals surface area contributed by atoms with Crippen LogP contribution >= 0.6 is 0 Å². The molecule has 0 bridgehead atoms. The predicted octanol–water partition coefficient (Wildman–Crippen LogP) is 2.90. The molecule has 1 N–H and O–H groups in total. The van der Waals surface area contributed by atoms with Crippen LogP contribution in [0.5, 0.6) is 5.75 Å². The molecule has 0 aliphatic carbocycles. The summed E-state index contributed by atoms with van der Waals surface area (Å²) in [6.45, 7) is 4.62. The third kappa shape index (κ3) is 3.66. The standard InChI is InChI=1S/C18H25NO4/c1-4-15(13-6-8-14(23-3)9-7-13)16(20)19-11-5-10-18(2,12-19)17(21)22/h6-9,15H,4-5,10-12H2,1-3H3,(H,21,22). The molecule has 1 aliphatic rings. The molecule has 2 rings (SSSR count). The summed E-state index contributed by atoms with van der Waals surface area (Å²) >= 11 is 0. The molecule has 2 atom stereocenters. The van der Waals surface area contributed by atoms with Gasteiger partial charge in [-0.2, -0.15) is 0 Å². The first-order valence-electron chi connectivity index (χ1n) is 8.07. The number of rotatable bonds is 5. The summed E-state index contributed by atoms with van der Waals surface area (Å²) in [5.41, 5.74) is 0.104. The van der Waals surface area contributed by atoms with Crippen LogP contribution in [0.2, 0.25) is 0 Å². The molecule has 5 nitrogen and oxygen atoms in total. The average Bonchev–Trinajstić information content (AvgIpc) is 2.56. The van der Waals surface area contributed by atoms with Gasteiger partial charge in [-0.1, -0.05) is 19.1 Å². The van der Waals surface area contributed by atoms with Crippen LogP contribution < -0.4 is 4.74 Å². The fraction of sp³-hybridized carbons (Fsp3) is 0.556. The van der Waals surface area contributed by atoms with E-state index in [-0.39, 0.29) is 18.4 Å². The number of likely N-dealkylation sites (tertiary alicyclic amines) is 1. The van der Waals surface area contributed by atoms with E-state index < -0.39 is 11.4 Å². The highest BCUT2D eigenvalue weighted by Crippen LogP contribution is 2.32. The van der Waals surface area contributed by atoms with Crippen molar-refractivity contribution in [2.24, 2.45) is 5.41 Å². The first-order valence-corrected chi connectivity index (χ1v) is 8.07. The van der Waals surface area contributed by atoms with E-state index in [9.17, 15) is 14.7 Å². The van der Waals surface area contributed by atoms with Crippen molar-refractivity contribution in [1.29, 1.82) is 0 Å². The number of methoxy groups -OCH3 is 1. The van der Waals surface area contributed by atoms with Gasteiger partial charge in [-0.25, -0.2) is 0 Å². The van der Waals surface area contributed by atoms with Crippen molar-refractivity contribution in [3.8, 4) is 5.75 Å². The monoisotopic (exact) mass is 319 g/mol. The van der Waals surface area contributed by atoms with Gasteiger partial charge in [0, 0.05) is 13.1 Å². The van der Waals surface area contributed by atoms with Crippen molar-refractivity contribution in [2.45, 2.75) is 39.0 Å². The summed E-state index contributed by atoms with van der Waals surface area (Å²) in [4.78, 5) is 26.1. The number of piperidine rings is 1. The third-order valence-corrected chi connectivity index (χ3v) is 4.75. The Balaban J connectivity index is 2.17. The Morgan fingerprint density at radius 1 is 1.35 bits per heavy atom. The van der Waals surface area contributed by atoms with E-state index in [0.29, 0.717) is 19.4 Å². The smallest absolute Gasteiger partial charge is 0.311 e. The zero-order valence-electron chi connectivity index (χ0n) is 14.0. The van der Waals surface area contributed by atoms with Gasteiger partial charge in [0.15, 0.2) is 0 Å². The topological polar surface area (TPSA) is 66.8 Å². The second-order valence-corrected chi connectivity index (χ2v) is 6.46. The number of amides is 1. The van der Waals surface area contributed by atoms with Gasteiger partial charge in [0.05, 0.1) is 18.4 Å². The summed E-state index contributed by atoms with van der Waals surface area (Å²) in [7, 11) is 1.61. The Bertz CT molecular complexity index is 569. The molecular formula is C18H25NO4. The number of carbonyl (C=O) groups excluding carboxylic acids is 1. The fourth-order valence-corrected chi connectivity index (χ4v) is 3.21. The average molecular weight is 319 g/mol. The minimum Gasteiger partial charge on any atom is -0.497 e. The number of carbonyl (C=O) groups is 2. The number of ether oxygens (including phenoxy) is 1. The van der Waals surface area contributed by atoms with Gasteiger partial charge in [-0.05, 0) is 43.9 Å². The summed E-state index contributed by atoms with van der Waals surface area (Å²) in [6, 6.07) is 7.52. The predicted molar refractivity (Wildman–Crippen MR) is 87.6 cm³/mol. The molecule has 1 amide bonds. The molecule has 0 aromatic heterocycles. The van der Waals surface area contributed by atoms with E-state index in [0.717, 1.165) is 17.7 Å². The van der Waals surface area contributed by atoms with E-state index in [2.05, 4.69) is 0 Å². The third-order valence-electron chi connectivity index (χ3n) is 4.75. The van der Waals surface area contributed by atoms with Gasteiger partial charge >= 0.3 is 5.97 Å². The molecular weight excluding hydrogens is 294 g/mol. The first-order chi connectivity index (χ1) is 10.9. The van der Waals surface area contributed by atoms with Gasteiger partial charge in [-0.15, -0.1) is 0 Å². The van der Waals surface area contributed by atoms with E-state index >= 15 is 0 Å². The number of hydrogen-bond donors (Lipinski definition) is 1. The zero-order valence-corrected chi connectivity index (χ0v) is 14.0. The number of carboxylic acid groups (broad SMARTS) is 1. The van der Waals surface area contributed by atoms with Crippen LogP contribution in [-0.2, 0) is 9.59 Å². The molecule has 0 spiro atoms. The largest absolute Gasteiger partial charge is 0.497 e. The van der Waals surface area contributed by atoms with Crippen LogP contribution in [0.15, 0.2) is 24.3 Å². The van der Waals surface area contributed by atoms with E-state index in [1.165, 1.54) is 0 Å². The Morgan fingerprint density at radius 2 is 2.00 bits per heavy atom. The molecule has 1 aromatic rings. The van der Waals surface area contributed by atoms with Crippen LogP contribution in [0, 0.1) is 5.41 Å². The SMILES string of the molecule is CCC(C(=O)N1CCCC(C)(C(=O)O)C1)c1ccc(OC)cc1. The maximum atomic E-state index is 12.9. The van der Waals surface area contributed by atoms with Crippen LogP contribution in [0.3, 0.4) is 0 Å². The van der Waals surface area contributed by atoms with Crippen molar-refractivity contribution in [2.75, 3.05) is 20.2 Å². The van der Waals surface area contributed by atoms with E-state index in [1.54, 1.807) is 18.9 Å². The molecule has 1 saturated heterocycles. The zero-order chi connectivity index (χ0) is 17.0. The highest BCUT2D eigenvalue weighted by atomic mass is 16.5. The molecule has 0 saturated carbocycles. The number of carboxylic acids is 1. The molecule has 1 aromatic carbocycles. The van der Waals surface area contributed by atoms with Crippen LogP contribution in [0.25, 0.3) is 0 Å². The molecule has 23 heavy (non-hydrogen) atoms. The lowest BCUT2D eigenvalue weighted by atomic mass is 9.81. The van der Waals surface area contributed by atoms with Crippen molar-refractivity contribution in [1.82, 2.24) is 4.90 Å². The number of aliphatic carboxylic acids is 1. The van der Waals surface area contributed by atoms with Gasteiger partial charge in [0.1, 0.15) is 5.75 Å². The van der Waals surface area contributed by atoms with Gasteiger partial charge in [0.25, 0.3) is 0 Å². The normalized spacial score (nSPS) is 22.5. The number of benzene rings is 1. The van der Waals surface area contributed by atoms with Gasteiger partial charge in [0.2, 0.25) is 5.91 Å². The summed E-state index contributed by atoms with van der Waals surface area (Å²) in [5, 5.41) is 9.42. The number of nitrogens with zero attached hydrogens (tertiary/aromatic N) is 1. The Labute approximate surface area is 137 Å². The maximum Gasteiger partial charge on any atom is 0.311 e. The number of hydrogen-bond acceptors (Lipinski definition) is 3. The summed E-state index contributed by atoms with van der Waals surface area (Å²) in [6.07, 6.45) is 2.03. The second-order valence-electron chi connectivity index (χ2n) is 6.46. The Kier molecular flexibility index (Phi) is 5.29. The molecule has 1 aliphatic heterocycles. The molecule has 5 heteroatoms. The Morgan fingerprint density at radius 3 is 2.52 bits per heavy atom. The first kappa shape index (κ1) is 17.3. The van der Waals surface area contributed by atoms with Crippen LogP contribution in [-0.4, -0.2) is 42.1 Å². The van der Waals surface area contributed by atoms with Gasteiger partial charge in [-0.3, -0.25) is 9.59 Å². The molecule has 1 heterocycles. The highest BCUT2D eigenvalue weighted by Gasteiger charge is 2.40. The van der Waals surface area contributed by atoms with E-state index in [4.69, 9.17) is 4.74 Å². The molecule has 1 fully saturated rings. The van der Waals surface area contributed by atoms with Crippen molar-refractivity contribution >= 4 is 11.9 Å². The summed E-state index contributed by atoms with van der Waals surface area (Å²) in [5.74, 6) is -0.290. The van der Waals surface area contributed by atoms with Crippen LogP contribution in [0.1, 0.15) is 44.6 Å². The lowest BCUT2D eigenvalue weighted by Crippen LogP contribution is -2.49. The quantitative estimate of drug-likeness (QED) is 0.906.